The van der Waals surface area contributed by atoms with Crippen molar-refractivity contribution in [3.63, 3.8) is 0 Å². The molecule has 2 aliphatic rings. The summed E-state index contributed by atoms with van der Waals surface area (Å²) in [5.41, 5.74) is 3.33. The summed E-state index contributed by atoms with van der Waals surface area (Å²) >= 11 is 6.32. The smallest absolute Gasteiger partial charge is 0.270 e. The highest BCUT2D eigenvalue weighted by Gasteiger charge is 2.21. The number of β-amino-alcohol motifs (C(OH)–C–C–N with tert-alkyl or cyclic N) is 1. The van der Waals surface area contributed by atoms with Crippen LogP contribution in [0.1, 0.15) is 11.1 Å². The summed E-state index contributed by atoms with van der Waals surface area (Å²) in [4.78, 5) is 17.0. The van der Waals surface area contributed by atoms with Crippen LogP contribution >= 0.6 is 11.6 Å². The maximum atomic E-state index is 14.5. The summed E-state index contributed by atoms with van der Waals surface area (Å²) in [6.45, 7) is 8.52. The number of aromatic nitrogens is 2. The Morgan fingerprint density at radius 1 is 0.976 bits per heavy atom. The largest absolute Gasteiger partial charge is 0.506 e. The molecule has 2 fully saturated rings. The average Bonchev–Trinajstić information content (AvgIpc) is 2.99. The number of rotatable bonds is 10. The second kappa shape index (κ2) is 14.2. The molecule has 0 bridgehead atoms. The van der Waals surface area contributed by atoms with Crippen LogP contribution in [0.2, 0.25) is 5.02 Å². The predicted octanol–water partition coefficient (Wildman–Crippen LogP) is 3.86. The van der Waals surface area contributed by atoms with E-state index >= 15 is 0 Å². The number of benzene rings is 2. The summed E-state index contributed by atoms with van der Waals surface area (Å²) in [7, 11) is 2.16. The van der Waals surface area contributed by atoms with Crippen LogP contribution in [0, 0.1) is 5.82 Å². The van der Waals surface area contributed by atoms with Gasteiger partial charge >= 0.3 is 0 Å². The first-order valence-corrected chi connectivity index (χ1v) is 14.5. The van der Waals surface area contributed by atoms with Crippen molar-refractivity contribution in [3.8, 4) is 5.75 Å². The van der Waals surface area contributed by atoms with Gasteiger partial charge in [-0.15, -0.1) is 5.11 Å². The maximum Gasteiger partial charge on any atom is 0.270 e. The lowest BCUT2D eigenvalue weighted by Gasteiger charge is -2.35. The van der Waals surface area contributed by atoms with Crippen molar-refractivity contribution in [2.45, 2.75) is 13.1 Å². The lowest BCUT2D eigenvalue weighted by molar-refractivity contribution is 0.148. The molecule has 224 valence electrons. The van der Waals surface area contributed by atoms with E-state index in [0.29, 0.717) is 44.0 Å². The summed E-state index contributed by atoms with van der Waals surface area (Å²) in [5.74, 6) is -0.403. The third kappa shape index (κ3) is 7.90. The van der Waals surface area contributed by atoms with Crippen LogP contribution < -0.4 is 10.2 Å². The van der Waals surface area contributed by atoms with Gasteiger partial charge in [0.2, 0.25) is 0 Å². The Kier molecular flexibility index (Phi) is 10.1. The molecular formula is C29H37ClFN9O2. The molecule has 0 atom stereocenters. The number of hydrogen-bond acceptors (Lipinski definition) is 11. The van der Waals surface area contributed by atoms with E-state index in [9.17, 15) is 9.50 Å². The van der Waals surface area contributed by atoms with Gasteiger partial charge in [-0.1, -0.05) is 23.7 Å². The Balaban J connectivity index is 1.20. The molecule has 0 spiro atoms. The zero-order valence-electron chi connectivity index (χ0n) is 23.8. The first-order chi connectivity index (χ1) is 20.4. The molecular weight excluding hydrogens is 561 g/mol. The van der Waals surface area contributed by atoms with E-state index in [0.717, 1.165) is 44.6 Å². The first kappa shape index (κ1) is 30.1. The van der Waals surface area contributed by atoms with Crippen LogP contribution in [-0.4, -0.2) is 107 Å². The molecule has 3 heterocycles. The number of azo groups is 1. The van der Waals surface area contributed by atoms with E-state index in [1.807, 2.05) is 17.0 Å². The molecule has 0 radical (unpaired) electrons. The lowest BCUT2D eigenvalue weighted by atomic mass is 10.1. The maximum absolute atomic E-state index is 14.5. The Labute approximate surface area is 250 Å². The van der Waals surface area contributed by atoms with Crippen LogP contribution in [0.15, 0.2) is 52.8 Å². The Bertz CT molecular complexity index is 1360. The number of phenolic OH excluding ortho intramolecular Hbond substituents is 1. The van der Waals surface area contributed by atoms with Gasteiger partial charge in [-0.05, 0) is 36.9 Å². The molecule has 11 nitrogen and oxygen atoms in total. The molecule has 5 rings (SSSR count). The Hall–Kier alpha value is -3.42. The lowest BCUT2D eigenvalue weighted by Crippen LogP contribution is -2.47. The van der Waals surface area contributed by atoms with Gasteiger partial charge in [0.1, 0.15) is 5.75 Å². The molecule has 13 heteroatoms. The normalized spacial score (nSPS) is 17.3. The van der Waals surface area contributed by atoms with E-state index < -0.39 is 5.82 Å². The van der Waals surface area contributed by atoms with Gasteiger partial charge in [0, 0.05) is 82.4 Å². The number of aliphatic hydroxyl groups is 1. The number of phenols is 1. The Morgan fingerprint density at radius 2 is 1.69 bits per heavy atom. The van der Waals surface area contributed by atoms with Gasteiger partial charge in [0.15, 0.2) is 11.6 Å². The fourth-order valence-corrected chi connectivity index (χ4v) is 5.33. The third-order valence-corrected chi connectivity index (χ3v) is 7.88. The van der Waals surface area contributed by atoms with Crippen molar-refractivity contribution < 1.29 is 14.6 Å². The molecule has 2 saturated heterocycles. The summed E-state index contributed by atoms with van der Waals surface area (Å²) in [5, 5.41) is 31.4. The number of halogens is 2. The standard InChI is InChI=1S/C29H37ClFN9O2/c1-37-6-8-39(9-7-37)20-21-2-4-23(5-3-21)34-24-16-22(27(42)25(30)17-24)18-33-36-29-32-19-26(31)28(35-29)40-12-10-38(11-13-40)14-15-41/h2-5,16-17,19,34,41-42H,6-15,18,20H2,1H3. The molecule has 0 saturated carbocycles. The second-order valence-corrected chi connectivity index (χ2v) is 11.1. The SMILES string of the molecule is CN1CCN(Cc2ccc(Nc3cc(Cl)c(O)c(CN=Nc4ncc(F)c(N5CCN(CCO)CC5)n4)c3)cc2)CC1. The fraction of sp³-hybridized carbons (Fsp3) is 0.448. The number of anilines is 3. The average molecular weight is 598 g/mol. The quantitative estimate of drug-likeness (QED) is 0.237. The molecule has 0 unspecified atom stereocenters. The second-order valence-electron chi connectivity index (χ2n) is 10.7. The van der Waals surface area contributed by atoms with E-state index in [2.05, 4.69) is 59.4 Å². The van der Waals surface area contributed by atoms with Crippen LogP contribution in [-0.2, 0) is 13.1 Å². The van der Waals surface area contributed by atoms with Crippen molar-refractivity contribution in [2.75, 3.05) is 82.8 Å². The third-order valence-electron chi connectivity index (χ3n) is 7.59. The monoisotopic (exact) mass is 597 g/mol. The van der Waals surface area contributed by atoms with Gasteiger partial charge in [-0.3, -0.25) is 9.80 Å². The topological polar surface area (TPSA) is 116 Å². The van der Waals surface area contributed by atoms with E-state index in [1.54, 1.807) is 12.1 Å². The number of piperazine rings is 2. The minimum absolute atomic E-state index is 0.0284. The predicted molar refractivity (Wildman–Crippen MR) is 162 cm³/mol. The zero-order valence-corrected chi connectivity index (χ0v) is 24.5. The van der Waals surface area contributed by atoms with E-state index in [1.165, 1.54) is 5.56 Å². The summed E-state index contributed by atoms with van der Waals surface area (Å²) in [6, 6.07) is 11.7. The van der Waals surface area contributed by atoms with E-state index in [-0.39, 0.29) is 35.7 Å². The van der Waals surface area contributed by atoms with E-state index in [4.69, 9.17) is 16.7 Å². The van der Waals surface area contributed by atoms with Gasteiger partial charge in [0.05, 0.1) is 24.4 Å². The van der Waals surface area contributed by atoms with Crippen LogP contribution in [0.4, 0.5) is 27.5 Å². The van der Waals surface area contributed by atoms with Crippen molar-refractivity contribution in [1.29, 1.82) is 0 Å². The summed E-state index contributed by atoms with van der Waals surface area (Å²) in [6.07, 6.45) is 1.09. The molecule has 0 aliphatic carbocycles. The first-order valence-electron chi connectivity index (χ1n) is 14.1. The zero-order chi connectivity index (χ0) is 29.5. The highest BCUT2D eigenvalue weighted by molar-refractivity contribution is 6.32. The van der Waals surface area contributed by atoms with Gasteiger partial charge < -0.3 is 25.3 Å². The molecule has 3 N–H and O–H groups in total. The molecule has 2 aliphatic heterocycles. The molecule has 1 aromatic heterocycles. The minimum Gasteiger partial charge on any atom is -0.506 e. The van der Waals surface area contributed by atoms with Crippen molar-refractivity contribution in [1.82, 2.24) is 24.7 Å². The van der Waals surface area contributed by atoms with Gasteiger partial charge in [0.25, 0.3) is 5.95 Å². The number of aliphatic hydroxyl groups excluding tert-OH is 1. The van der Waals surface area contributed by atoms with Crippen LogP contribution in [0.3, 0.4) is 0 Å². The van der Waals surface area contributed by atoms with Gasteiger partial charge in [-0.25, -0.2) is 9.37 Å². The van der Waals surface area contributed by atoms with Gasteiger partial charge in [-0.2, -0.15) is 10.1 Å². The molecule has 42 heavy (non-hydrogen) atoms. The number of aromatic hydroxyl groups is 1. The van der Waals surface area contributed by atoms with Crippen molar-refractivity contribution in [3.05, 3.63) is 64.6 Å². The number of nitrogens with one attached hydrogen (secondary N) is 1. The highest BCUT2D eigenvalue weighted by atomic mass is 35.5. The Morgan fingerprint density at radius 3 is 2.40 bits per heavy atom. The van der Waals surface area contributed by atoms with Crippen LogP contribution in [0.25, 0.3) is 0 Å². The van der Waals surface area contributed by atoms with Crippen molar-refractivity contribution >= 4 is 34.7 Å². The number of likely N-dealkylation sites (N-methyl/N-ethyl adjacent to an activating group) is 1. The number of hydrogen-bond donors (Lipinski definition) is 3. The van der Waals surface area contributed by atoms with Crippen LogP contribution in [0.5, 0.6) is 5.75 Å². The van der Waals surface area contributed by atoms with Crippen molar-refractivity contribution in [2.24, 2.45) is 10.2 Å². The molecule has 2 aromatic carbocycles. The molecule has 0 amide bonds. The number of nitrogens with zero attached hydrogens (tertiary/aromatic N) is 8. The molecule has 3 aromatic rings. The fourth-order valence-electron chi connectivity index (χ4n) is 5.09. The highest BCUT2D eigenvalue weighted by Crippen LogP contribution is 2.33. The minimum atomic E-state index is -0.528. The summed E-state index contributed by atoms with van der Waals surface area (Å²) < 4.78 is 14.5.